The Kier molecular flexibility index (Phi) is 5.76. The highest BCUT2D eigenvalue weighted by molar-refractivity contribution is 7.14. The molecule has 0 aliphatic heterocycles. The number of aromatic nitrogens is 1. The van der Waals surface area contributed by atoms with Crippen LogP contribution in [0.2, 0.25) is 0 Å². The van der Waals surface area contributed by atoms with Gasteiger partial charge in [-0.1, -0.05) is 54.6 Å². The standard InChI is InChI=1S/C20H19N3O2S/c1-14(24)21-12-16-7-9-17(10-8-16)18-13-26-20(22-18)23-19(25)11-15-5-3-2-4-6-15/h2-10,13H,11-12H2,1H3,(H,21,24)(H,22,23,25). The van der Waals surface area contributed by atoms with Gasteiger partial charge in [0, 0.05) is 24.4 Å². The molecule has 1 aromatic heterocycles. The molecule has 26 heavy (non-hydrogen) atoms. The van der Waals surface area contributed by atoms with E-state index in [-0.39, 0.29) is 11.8 Å². The molecule has 1 heterocycles. The molecular formula is C20H19N3O2S. The maximum Gasteiger partial charge on any atom is 0.230 e. The topological polar surface area (TPSA) is 71.1 Å². The number of rotatable bonds is 6. The Bertz CT molecular complexity index is 889. The second-order valence-corrected chi connectivity index (χ2v) is 6.71. The number of carbonyl (C=O) groups is 2. The van der Waals surface area contributed by atoms with Crippen LogP contribution in [0, 0.1) is 0 Å². The fourth-order valence-electron chi connectivity index (χ4n) is 2.43. The van der Waals surface area contributed by atoms with Crippen molar-refractivity contribution in [3.63, 3.8) is 0 Å². The Labute approximate surface area is 156 Å². The molecule has 2 N–H and O–H groups in total. The van der Waals surface area contributed by atoms with Crippen molar-refractivity contribution in [1.29, 1.82) is 0 Å². The molecule has 0 aliphatic rings. The average molecular weight is 365 g/mol. The van der Waals surface area contributed by atoms with E-state index in [0.29, 0.717) is 18.1 Å². The minimum Gasteiger partial charge on any atom is -0.352 e. The molecule has 0 bridgehead atoms. The van der Waals surface area contributed by atoms with Crippen LogP contribution in [0.3, 0.4) is 0 Å². The summed E-state index contributed by atoms with van der Waals surface area (Å²) in [5, 5.41) is 8.12. The van der Waals surface area contributed by atoms with E-state index in [0.717, 1.165) is 22.4 Å². The normalized spacial score (nSPS) is 10.3. The molecule has 3 aromatic rings. The summed E-state index contributed by atoms with van der Waals surface area (Å²) >= 11 is 1.40. The lowest BCUT2D eigenvalue weighted by atomic mass is 10.1. The summed E-state index contributed by atoms with van der Waals surface area (Å²) in [6, 6.07) is 17.4. The molecule has 0 spiro atoms. The molecule has 5 nitrogen and oxygen atoms in total. The molecule has 3 rings (SSSR count). The van der Waals surface area contributed by atoms with Crippen LogP contribution in [-0.4, -0.2) is 16.8 Å². The van der Waals surface area contributed by atoms with Crippen molar-refractivity contribution >= 4 is 28.3 Å². The fourth-order valence-corrected chi connectivity index (χ4v) is 3.16. The van der Waals surface area contributed by atoms with Gasteiger partial charge in [-0.05, 0) is 11.1 Å². The van der Waals surface area contributed by atoms with Gasteiger partial charge in [0.1, 0.15) is 0 Å². The molecule has 6 heteroatoms. The number of nitrogens with one attached hydrogen (secondary N) is 2. The molecular weight excluding hydrogens is 346 g/mol. The number of carbonyl (C=O) groups excluding carboxylic acids is 2. The minimum atomic E-state index is -0.0808. The number of thiazole rings is 1. The molecule has 0 saturated carbocycles. The van der Waals surface area contributed by atoms with E-state index in [1.54, 1.807) is 0 Å². The third-order valence-electron chi connectivity index (χ3n) is 3.75. The van der Waals surface area contributed by atoms with E-state index >= 15 is 0 Å². The number of hydrogen-bond acceptors (Lipinski definition) is 4. The lowest BCUT2D eigenvalue weighted by molar-refractivity contribution is -0.119. The van der Waals surface area contributed by atoms with E-state index in [9.17, 15) is 9.59 Å². The molecule has 132 valence electrons. The van der Waals surface area contributed by atoms with Gasteiger partial charge in [-0.2, -0.15) is 0 Å². The average Bonchev–Trinajstić information content (AvgIpc) is 3.09. The fraction of sp³-hybridized carbons (Fsp3) is 0.150. The van der Waals surface area contributed by atoms with Crippen LogP contribution in [0.5, 0.6) is 0 Å². The van der Waals surface area contributed by atoms with Crippen LogP contribution in [0.25, 0.3) is 11.3 Å². The van der Waals surface area contributed by atoms with E-state index in [1.165, 1.54) is 18.3 Å². The second-order valence-electron chi connectivity index (χ2n) is 5.86. The van der Waals surface area contributed by atoms with Crippen molar-refractivity contribution in [2.45, 2.75) is 19.9 Å². The Balaban J connectivity index is 1.60. The van der Waals surface area contributed by atoms with Crippen LogP contribution < -0.4 is 10.6 Å². The molecule has 0 atom stereocenters. The number of nitrogens with zero attached hydrogens (tertiary/aromatic N) is 1. The van der Waals surface area contributed by atoms with Gasteiger partial charge >= 0.3 is 0 Å². The predicted molar refractivity (Wildman–Crippen MR) is 104 cm³/mol. The molecule has 0 unspecified atom stereocenters. The van der Waals surface area contributed by atoms with Gasteiger partial charge in [-0.25, -0.2) is 4.98 Å². The summed E-state index contributed by atoms with van der Waals surface area (Å²) in [4.78, 5) is 27.6. The molecule has 2 aromatic carbocycles. The summed E-state index contributed by atoms with van der Waals surface area (Å²) in [6.07, 6.45) is 0.327. The molecule has 0 aliphatic carbocycles. The monoisotopic (exact) mass is 365 g/mol. The number of hydrogen-bond donors (Lipinski definition) is 2. The van der Waals surface area contributed by atoms with E-state index < -0.39 is 0 Å². The lowest BCUT2D eigenvalue weighted by Crippen LogP contribution is -2.18. The minimum absolute atomic E-state index is 0.0514. The largest absolute Gasteiger partial charge is 0.352 e. The molecule has 2 amide bonds. The molecule has 0 radical (unpaired) electrons. The van der Waals surface area contributed by atoms with Crippen molar-refractivity contribution in [2.75, 3.05) is 5.32 Å². The quantitative estimate of drug-likeness (QED) is 0.701. The first-order valence-electron chi connectivity index (χ1n) is 8.23. The highest BCUT2D eigenvalue weighted by atomic mass is 32.1. The van der Waals surface area contributed by atoms with Crippen molar-refractivity contribution < 1.29 is 9.59 Å². The number of benzene rings is 2. The van der Waals surface area contributed by atoms with Crippen molar-refractivity contribution in [2.24, 2.45) is 0 Å². The van der Waals surface area contributed by atoms with E-state index in [4.69, 9.17) is 0 Å². The predicted octanol–water partition coefficient (Wildman–Crippen LogP) is 3.63. The molecule has 0 fully saturated rings. The maximum atomic E-state index is 12.1. The van der Waals surface area contributed by atoms with Crippen LogP contribution in [0.15, 0.2) is 60.0 Å². The first-order valence-corrected chi connectivity index (χ1v) is 9.11. The lowest BCUT2D eigenvalue weighted by Gasteiger charge is -2.04. The summed E-state index contributed by atoms with van der Waals surface area (Å²) in [6.45, 7) is 2.00. The van der Waals surface area contributed by atoms with Crippen LogP contribution in [-0.2, 0) is 22.6 Å². The molecule has 0 saturated heterocycles. The summed E-state index contributed by atoms with van der Waals surface area (Å²) in [5.41, 5.74) is 3.78. The van der Waals surface area contributed by atoms with Crippen LogP contribution in [0.1, 0.15) is 18.1 Å². The Morgan fingerprint density at radius 2 is 1.73 bits per heavy atom. The van der Waals surface area contributed by atoms with Crippen LogP contribution in [0.4, 0.5) is 5.13 Å². The van der Waals surface area contributed by atoms with Gasteiger partial charge in [0.05, 0.1) is 12.1 Å². The van der Waals surface area contributed by atoms with Crippen molar-refractivity contribution in [3.8, 4) is 11.3 Å². The van der Waals surface area contributed by atoms with Gasteiger partial charge in [-0.15, -0.1) is 11.3 Å². The van der Waals surface area contributed by atoms with E-state index in [1.807, 2.05) is 60.0 Å². The Morgan fingerprint density at radius 3 is 2.42 bits per heavy atom. The zero-order valence-electron chi connectivity index (χ0n) is 14.4. The first-order chi connectivity index (χ1) is 12.6. The number of anilines is 1. The van der Waals surface area contributed by atoms with E-state index in [2.05, 4.69) is 15.6 Å². The highest BCUT2D eigenvalue weighted by Crippen LogP contribution is 2.25. The van der Waals surface area contributed by atoms with Crippen molar-refractivity contribution in [1.82, 2.24) is 10.3 Å². The SMILES string of the molecule is CC(=O)NCc1ccc(-c2csc(NC(=O)Cc3ccccc3)n2)cc1. The van der Waals surface area contributed by atoms with Gasteiger partial charge in [-0.3, -0.25) is 9.59 Å². The zero-order valence-corrected chi connectivity index (χ0v) is 15.2. The maximum absolute atomic E-state index is 12.1. The smallest absolute Gasteiger partial charge is 0.230 e. The number of amides is 2. The Morgan fingerprint density at radius 1 is 1.00 bits per heavy atom. The van der Waals surface area contributed by atoms with Gasteiger partial charge in [0.25, 0.3) is 0 Å². The van der Waals surface area contributed by atoms with Gasteiger partial charge < -0.3 is 10.6 Å². The third-order valence-corrected chi connectivity index (χ3v) is 4.51. The summed E-state index contributed by atoms with van der Waals surface area (Å²) in [7, 11) is 0. The van der Waals surface area contributed by atoms with Crippen molar-refractivity contribution in [3.05, 3.63) is 71.1 Å². The van der Waals surface area contributed by atoms with Gasteiger partial charge in [0.15, 0.2) is 5.13 Å². The second kappa shape index (κ2) is 8.40. The van der Waals surface area contributed by atoms with Gasteiger partial charge in [0.2, 0.25) is 11.8 Å². The summed E-state index contributed by atoms with van der Waals surface area (Å²) in [5.74, 6) is -0.132. The highest BCUT2D eigenvalue weighted by Gasteiger charge is 2.09. The Hall–Kier alpha value is -2.99. The first kappa shape index (κ1) is 17.8. The van der Waals surface area contributed by atoms with Crippen LogP contribution >= 0.6 is 11.3 Å². The summed E-state index contributed by atoms with van der Waals surface area (Å²) < 4.78 is 0. The zero-order chi connectivity index (χ0) is 18.4. The third kappa shape index (κ3) is 5.00.